The number of sulfonamides is 1. The van der Waals surface area contributed by atoms with E-state index in [1.165, 1.54) is 6.07 Å². The molecule has 5 nitrogen and oxygen atoms in total. The van der Waals surface area contributed by atoms with E-state index in [0.717, 1.165) is 12.1 Å². The van der Waals surface area contributed by atoms with Gasteiger partial charge in [0.1, 0.15) is 5.82 Å². The highest BCUT2D eigenvalue weighted by molar-refractivity contribution is 7.89. The molecular weight excluding hydrogens is 285 g/mol. The Morgan fingerprint density at radius 3 is 2.60 bits per heavy atom. The van der Waals surface area contributed by atoms with Gasteiger partial charge in [-0.1, -0.05) is 6.07 Å². The zero-order chi connectivity index (χ0) is 15.4. The fourth-order valence-electron chi connectivity index (χ4n) is 1.70. The largest absolute Gasteiger partial charge is 0.392 e. The minimum absolute atomic E-state index is 0.0462. The summed E-state index contributed by atoms with van der Waals surface area (Å²) >= 11 is 0. The molecule has 1 aromatic rings. The molecule has 7 heteroatoms. The van der Waals surface area contributed by atoms with Crippen LogP contribution in [0.15, 0.2) is 23.1 Å². The number of aliphatic hydroxyl groups is 1. The second-order valence-corrected chi connectivity index (χ2v) is 6.66. The van der Waals surface area contributed by atoms with Crippen molar-refractivity contribution >= 4 is 10.0 Å². The Morgan fingerprint density at radius 2 is 2.05 bits per heavy atom. The van der Waals surface area contributed by atoms with Gasteiger partial charge in [-0.05, 0) is 38.5 Å². The summed E-state index contributed by atoms with van der Waals surface area (Å²) in [5.74, 6) is -0.674. The molecule has 1 rings (SSSR count). The first-order chi connectivity index (χ1) is 9.22. The minimum Gasteiger partial charge on any atom is -0.392 e. The number of aliphatic hydroxyl groups excluding tert-OH is 1. The van der Waals surface area contributed by atoms with Crippen molar-refractivity contribution in [2.75, 3.05) is 13.2 Å². The number of benzene rings is 1. The topological polar surface area (TPSA) is 75.6 Å². The average Bonchev–Trinajstić information content (AvgIpc) is 2.37. The third kappa shape index (κ3) is 4.52. The van der Waals surface area contributed by atoms with Gasteiger partial charge in [-0.2, -0.15) is 0 Å². The summed E-state index contributed by atoms with van der Waals surface area (Å²) in [6.07, 6.45) is 0. The van der Waals surface area contributed by atoms with E-state index in [-0.39, 0.29) is 17.0 Å². The third-order valence-corrected chi connectivity index (χ3v) is 4.20. The molecule has 2 N–H and O–H groups in total. The Hall–Kier alpha value is -1.02. The molecule has 20 heavy (non-hydrogen) atoms. The van der Waals surface area contributed by atoms with Crippen LogP contribution in [0.3, 0.4) is 0 Å². The van der Waals surface area contributed by atoms with Gasteiger partial charge >= 0.3 is 0 Å². The van der Waals surface area contributed by atoms with Crippen LogP contribution in [-0.2, 0) is 21.4 Å². The highest BCUT2D eigenvalue weighted by Gasteiger charge is 2.24. The van der Waals surface area contributed by atoms with Gasteiger partial charge in [-0.3, -0.25) is 0 Å². The molecule has 0 saturated carbocycles. The highest BCUT2D eigenvalue weighted by Crippen LogP contribution is 2.18. The fourth-order valence-corrected chi connectivity index (χ4v) is 3.14. The van der Waals surface area contributed by atoms with Gasteiger partial charge in [0, 0.05) is 13.2 Å². The van der Waals surface area contributed by atoms with Crippen LogP contribution >= 0.6 is 0 Å². The number of hydrogen-bond acceptors (Lipinski definition) is 4. The van der Waals surface area contributed by atoms with Gasteiger partial charge in [0.25, 0.3) is 0 Å². The summed E-state index contributed by atoms with van der Waals surface area (Å²) in [5.41, 5.74) is -0.526. The molecule has 0 aliphatic carbocycles. The van der Waals surface area contributed by atoms with E-state index in [9.17, 15) is 12.8 Å². The van der Waals surface area contributed by atoms with E-state index in [4.69, 9.17) is 9.84 Å². The van der Waals surface area contributed by atoms with Crippen LogP contribution < -0.4 is 4.72 Å². The summed E-state index contributed by atoms with van der Waals surface area (Å²) in [6.45, 7) is 5.33. The number of ether oxygens (including phenoxy) is 1. The summed E-state index contributed by atoms with van der Waals surface area (Å²) in [7, 11) is -3.91. The van der Waals surface area contributed by atoms with Crippen LogP contribution in [0.25, 0.3) is 0 Å². The summed E-state index contributed by atoms with van der Waals surface area (Å²) in [6, 6.07) is 3.24. The molecule has 0 spiro atoms. The molecule has 0 bridgehead atoms. The number of nitrogens with one attached hydrogen (secondary N) is 1. The van der Waals surface area contributed by atoms with Crippen molar-refractivity contribution in [1.29, 1.82) is 0 Å². The zero-order valence-corrected chi connectivity index (χ0v) is 12.6. The Balaban J connectivity index is 2.97. The second kappa shape index (κ2) is 6.62. The van der Waals surface area contributed by atoms with Crippen molar-refractivity contribution in [3.8, 4) is 0 Å². The van der Waals surface area contributed by atoms with Crippen LogP contribution in [0.2, 0.25) is 0 Å². The van der Waals surface area contributed by atoms with E-state index >= 15 is 0 Å². The van der Waals surface area contributed by atoms with Crippen molar-refractivity contribution < 1.29 is 22.7 Å². The lowest BCUT2D eigenvalue weighted by molar-refractivity contribution is -0.00515. The first-order valence-corrected chi connectivity index (χ1v) is 7.73. The van der Waals surface area contributed by atoms with Gasteiger partial charge in [0.2, 0.25) is 10.0 Å². The lowest BCUT2D eigenvalue weighted by Gasteiger charge is -2.25. The Bertz CT molecular complexity index is 557. The molecule has 0 aromatic heterocycles. The number of halogens is 1. The van der Waals surface area contributed by atoms with Crippen LogP contribution in [0, 0.1) is 5.82 Å². The van der Waals surface area contributed by atoms with E-state index in [0.29, 0.717) is 6.61 Å². The van der Waals surface area contributed by atoms with Crippen molar-refractivity contribution in [3.05, 3.63) is 29.6 Å². The average molecular weight is 305 g/mol. The Morgan fingerprint density at radius 1 is 1.40 bits per heavy atom. The van der Waals surface area contributed by atoms with Crippen molar-refractivity contribution in [2.24, 2.45) is 0 Å². The maximum Gasteiger partial charge on any atom is 0.241 e. The first kappa shape index (κ1) is 17.0. The fraction of sp³-hybridized carbons (Fsp3) is 0.538. The second-order valence-electron chi connectivity index (χ2n) is 4.93. The maximum atomic E-state index is 13.2. The molecule has 1 aromatic carbocycles. The van der Waals surface area contributed by atoms with Gasteiger partial charge in [-0.25, -0.2) is 17.5 Å². The molecule has 0 saturated heterocycles. The summed E-state index contributed by atoms with van der Waals surface area (Å²) < 4.78 is 45.3. The highest BCUT2D eigenvalue weighted by atomic mass is 32.2. The molecule has 0 fully saturated rings. The third-order valence-electron chi connectivity index (χ3n) is 2.71. The molecule has 0 heterocycles. The van der Waals surface area contributed by atoms with Gasteiger partial charge in [0.15, 0.2) is 0 Å². The smallest absolute Gasteiger partial charge is 0.241 e. The quantitative estimate of drug-likeness (QED) is 0.798. The number of hydrogen-bond donors (Lipinski definition) is 2. The standard InChI is InChI=1S/C13H20FNO4S/c1-4-19-13(2,3)9-15-20(17,18)12-7-11(14)6-5-10(12)8-16/h5-7,15-16H,4,8-9H2,1-3H3. The maximum absolute atomic E-state index is 13.2. The zero-order valence-electron chi connectivity index (χ0n) is 11.8. The molecule has 0 unspecified atom stereocenters. The molecule has 0 radical (unpaired) electrons. The van der Waals surface area contributed by atoms with E-state index in [2.05, 4.69) is 4.72 Å². The normalized spacial score (nSPS) is 12.7. The Kier molecular flexibility index (Phi) is 5.64. The van der Waals surface area contributed by atoms with E-state index in [1.54, 1.807) is 13.8 Å². The summed E-state index contributed by atoms with van der Waals surface area (Å²) in [4.78, 5) is -0.257. The predicted molar refractivity (Wildman–Crippen MR) is 73.2 cm³/mol. The molecular formula is C13H20FNO4S. The van der Waals surface area contributed by atoms with Gasteiger partial charge < -0.3 is 9.84 Å². The van der Waals surface area contributed by atoms with Crippen LogP contribution in [0.4, 0.5) is 4.39 Å². The lowest BCUT2D eigenvalue weighted by atomic mass is 10.1. The van der Waals surface area contributed by atoms with E-state index < -0.39 is 28.0 Å². The predicted octanol–water partition coefficient (Wildman–Crippen LogP) is 1.41. The summed E-state index contributed by atoms with van der Waals surface area (Å²) in [5, 5.41) is 9.15. The SMILES string of the molecule is CCOC(C)(C)CNS(=O)(=O)c1cc(F)ccc1CO. The Labute approximate surface area is 118 Å². The molecule has 0 amide bonds. The van der Waals surface area contributed by atoms with Crippen LogP contribution in [-0.4, -0.2) is 32.3 Å². The monoisotopic (exact) mass is 305 g/mol. The molecule has 0 atom stereocenters. The molecule has 114 valence electrons. The molecule has 0 aliphatic heterocycles. The molecule has 0 aliphatic rings. The van der Waals surface area contributed by atoms with Crippen molar-refractivity contribution in [3.63, 3.8) is 0 Å². The van der Waals surface area contributed by atoms with Crippen molar-refractivity contribution in [2.45, 2.75) is 37.9 Å². The van der Waals surface area contributed by atoms with Crippen LogP contribution in [0.1, 0.15) is 26.3 Å². The van der Waals surface area contributed by atoms with Gasteiger partial charge in [0.05, 0.1) is 17.1 Å². The van der Waals surface area contributed by atoms with Gasteiger partial charge in [-0.15, -0.1) is 0 Å². The first-order valence-electron chi connectivity index (χ1n) is 6.25. The van der Waals surface area contributed by atoms with Crippen molar-refractivity contribution in [1.82, 2.24) is 4.72 Å². The van der Waals surface area contributed by atoms with E-state index in [1.807, 2.05) is 6.92 Å². The minimum atomic E-state index is -3.91. The number of rotatable bonds is 7. The van der Waals surface area contributed by atoms with Crippen LogP contribution in [0.5, 0.6) is 0 Å². The lowest BCUT2D eigenvalue weighted by Crippen LogP contribution is -2.40.